The summed E-state index contributed by atoms with van der Waals surface area (Å²) in [7, 11) is -3.70. The number of carbonyl (C=O) groups is 1. The highest BCUT2D eigenvalue weighted by atomic mass is 32.2. The van der Waals surface area contributed by atoms with E-state index >= 15 is 0 Å². The molecule has 2 aromatic carbocycles. The maximum Gasteiger partial charge on any atom is 0.264 e. The quantitative estimate of drug-likeness (QED) is 0.463. The van der Waals surface area contributed by atoms with Gasteiger partial charge in [-0.1, -0.05) is 55.5 Å². The predicted octanol–water partition coefficient (Wildman–Crippen LogP) is 2.69. The lowest BCUT2D eigenvalue weighted by Gasteiger charge is -2.25. The third-order valence-corrected chi connectivity index (χ3v) is 7.36. The van der Waals surface area contributed by atoms with Crippen molar-refractivity contribution in [3.63, 3.8) is 0 Å². The fraction of sp³-hybridized carbons (Fsp3) is 0.381. The van der Waals surface area contributed by atoms with Gasteiger partial charge in [0.15, 0.2) is 9.84 Å². The van der Waals surface area contributed by atoms with Gasteiger partial charge in [0, 0.05) is 18.8 Å². The number of aliphatic hydroxyl groups is 1. The molecule has 0 aliphatic heterocycles. The van der Waals surface area contributed by atoms with Crippen LogP contribution in [0.15, 0.2) is 48.5 Å². The summed E-state index contributed by atoms with van der Waals surface area (Å²) in [6.07, 6.45) is 1.43. The van der Waals surface area contributed by atoms with Gasteiger partial charge in [-0.25, -0.2) is 13.9 Å². The van der Waals surface area contributed by atoms with Crippen LogP contribution >= 0.6 is 0 Å². The number of nitrogens with one attached hydrogen (secondary N) is 1. The van der Waals surface area contributed by atoms with Gasteiger partial charge in [0.1, 0.15) is 4.75 Å². The van der Waals surface area contributed by atoms with Crippen molar-refractivity contribution in [1.82, 2.24) is 5.48 Å². The molecule has 6 nitrogen and oxygen atoms in total. The second-order valence-corrected chi connectivity index (χ2v) is 9.79. The van der Waals surface area contributed by atoms with E-state index < -0.39 is 20.5 Å². The van der Waals surface area contributed by atoms with Crippen molar-refractivity contribution in [2.75, 3.05) is 12.9 Å². The molecule has 0 heterocycles. The standard InChI is InChI=1S/C21H27NO5S/c1-15(14-23)17-8-10-19(11-9-17)18-6-4-16(5-7-18)12-13-21(2,20(24)22-25)28(3,26)27/h4-11,15,23,25H,12-14H2,1-3H3,(H,22,24). The first kappa shape index (κ1) is 22.1. The van der Waals surface area contributed by atoms with E-state index in [0.717, 1.165) is 28.5 Å². The fourth-order valence-corrected chi connectivity index (χ4v) is 3.80. The summed E-state index contributed by atoms with van der Waals surface area (Å²) in [6, 6.07) is 15.7. The van der Waals surface area contributed by atoms with E-state index in [1.54, 1.807) is 0 Å². The van der Waals surface area contributed by atoms with E-state index in [0.29, 0.717) is 6.42 Å². The van der Waals surface area contributed by atoms with Crippen LogP contribution in [-0.4, -0.2) is 42.2 Å². The Kier molecular flexibility index (Phi) is 6.98. The first-order valence-corrected chi connectivity index (χ1v) is 11.0. The van der Waals surface area contributed by atoms with E-state index in [4.69, 9.17) is 5.21 Å². The summed E-state index contributed by atoms with van der Waals surface area (Å²) in [5.41, 5.74) is 5.50. The van der Waals surface area contributed by atoms with Gasteiger partial charge >= 0.3 is 0 Å². The SMILES string of the molecule is CC(CO)c1ccc(-c2ccc(CCC(C)(C(=O)NO)S(C)(=O)=O)cc2)cc1. The Morgan fingerprint density at radius 2 is 1.57 bits per heavy atom. The van der Waals surface area contributed by atoms with Gasteiger partial charge in [-0.15, -0.1) is 0 Å². The van der Waals surface area contributed by atoms with Crippen molar-refractivity contribution in [1.29, 1.82) is 0 Å². The topological polar surface area (TPSA) is 104 Å². The number of sulfone groups is 1. The molecule has 0 saturated heterocycles. The number of benzene rings is 2. The summed E-state index contributed by atoms with van der Waals surface area (Å²) in [5.74, 6) is -0.833. The molecule has 0 bridgehead atoms. The van der Waals surface area contributed by atoms with Crippen LogP contribution < -0.4 is 5.48 Å². The Bertz CT molecular complexity index is 907. The van der Waals surface area contributed by atoms with Crippen molar-refractivity contribution < 1.29 is 23.5 Å². The van der Waals surface area contributed by atoms with E-state index in [9.17, 15) is 18.3 Å². The van der Waals surface area contributed by atoms with Crippen LogP contribution in [0.3, 0.4) is 0 Å². The molecular weight excluding hydrogens is 378 g/mol. The maximum absolute atomic E-state index is 12.0. The fourth-order valence-electron chi connectivity index (χ4n) is 2.94. The summed E-state index contributed by atoms with van der Waals surface area (Å²) in [6.45, 7) is 3.39. The monoisotopic (exact) mass is 405 g/mol. The average Bonchev–Trinajstić information content (AvgIpc) is 2.70. The molecule has 2 atom stereocenters. The van der Waals surface area contributed by atoms with Crippen molar-refractivity contribution in [3.05, 3.63) is 59.7 Å². The summed E-state index contributed by atoms with van der Waals surface area (Å²) in [5, 5.41) is 18.1. The summed E-state index contributed by atoms with van der Waals surface area (Å²) >= 11 is 0. The maximum atomic E-state index is 12.0. The van der Waals surface area contributed by atoms with Gasteiger partial charge in [0.25, 0.3) is 5.91 Å². The van der Waals surface area contributed by atoms with E-state index in [-0.39, 0.29) is 18.9 Å². The second-order valence-electron chi connectivity index (χ2n) is 7.35. The van der Waals surface area contributed by atoms with Crippen LogP contribution in [0.1, 0.15) is 37.3 Å². The number of rotatable bonds is 8. The lowest BCUT2D eigenvalue weighted by Crippen LogP contribution is -2.49. The van der Waals surface area contributed by atoms with Crippen LogP contribution in [0.25, 0.3) is 11.1 Å². The molecule has 0 aliphatic rings. The Morgan fingerprint density at radius 1 is 1.07 bits per heavy atom. The molecule has 1 amide bonds. The van der Waals surface area contributed by atoms with Crippen LogP contribution in [0.2, 0.25) is 0 Å². The van der Waals surface area contributed by atoms with Gasteiger partial charge < -0.3 is 5.11 Å². The van der Waals surface area contributed by atoms with Crippen molar-refractivity contribution >= 4 is 15.7 Å². The normalized spacial score (nSPS) is 14.9. The molecule has 0 fully saturated rings. The molecule has 0 saturated carbocycles. The molecular formula is C21H27NO5S. The van der Waals surface area contributed by atoms with E-state index in [2.05, 4.69) is 0 Å². The molecule has 3 N–H and O–H groups in total. The number of hydroxylamine groups is 1. The van der Waals surface area contributed by atoms with Gasteiger partial charge in [-0.3, -0.25) is 10.0 Å². The molecule has 0 aromatic heterocycles. The van der Waals surface area contributed by atoms with Crippen LogP contribution in [-0.2, 0) is 21.1 Å². The van der Waals surface area contributed by atoms with Crippen LogP contribution in [0, 0.1) is 0 Å². The molecule has 28 heavy (non-hydrogen) atoms. The number of aryl methyl sites for hydroxylation is 1. The highest BCUT2D eigenvalue weighted by molar-refractivity contribution is 7.92. The second kappa shape index (κ2) is 8.86. The van der Waals surface area contributed by atoms with E-state index in [1.807, 2.05) is 55.5 Å². The number of amides is 1. The van der Waals surface area contributed by atoms with Gasteiger partial charge in [0.05, 0.1) is 0 Å². The average molecular weight is 406 g/mol. The van der Waals surface area contributed by atoms with Crippen molar-refractivity contribution in [2.45, 2.75) is 37.4 Å². The van der Waals surface area contributed by atoms with Crippen LogP contribution in [0.5, 0.6) is 0 Å². The van der Waals surface area contributed by atoms with E-state index in [1.165, 1.54) is 12.4 Å². The number of carbonyl (C=O) groups excluding carboxylic acids is 1. The number of hydrogen-bond acceptors (Lipinski definition) is 5. The zero-order valence-corrected chi connectivity index (χ0v) is 17.2. The first-order chi connectivity index (χ1) is 13.1. The minimum Gasteiger partial charge on any atom is -0.396 e. The predicted molar refractivity (Wildman–Crippen MR) is 109 cm³/mol. The minimum absolute atomic E-state index is 0.0608. The molecule has 2 unspecified atom stereocenters. The third-order valence-electron chi connectivity index (χ3n) is 5.33. The van der Waals surface area contributed by atoms with Crippen LogP contribution in [0.4, 0.5) is 0 Å². The Hall–Kier alpha value is -2.22. The van der Waals surface area contributed by atoms with Crippen molar-refractivity contribution in [2.24, 2.45) is 0 Å². The number of aliphatic hydroxyl groups excluding tert-OH is 1. The molecule has 0 aliphatic carbocycles. The molecule has 7 heteroatoms. The minimum atomic E-state index is -3.70. The molecule has 152 valence electrons. The zero-order chi connectivity index (χ0) is 20.9. The van der Waals surface area contributed by atoms with Gasteiger partial charge in [0.2, 0.25) is 0 Å². The largest absolute Gasteiger partial charge is 0.396 e. The zero-order valence-electron chi connectivity index (χ0n) is 16.3. The first-order valence-electron chi connectivity index (χ1n) is 9.06. The summed E-state index contributed by atoms with van der Waals surface area (Å²) < 4.78 is 22.4. The highest BCUT2D eigenvalue weighted by Crippen LogP contribution is 2.26. The Balaban J connectivity index is 2.13. The van der Waals surface area contributed by atoms with Gasteiger partial charge in [-0.05, 0) is 42.0 Å². The van der Waals surface area contributed by atoms with Crippen molar-refractivity contribution in [3.8, 4) is 11.1 Å². The third kappa shape index (κ3) is 4.79. The molecule has 0 spiro atoms. The summed E-state index contributed by atoms with van der Waals surface area (Å²) in [4.78, 5) is 11.9. The molecule has 2 rings (SSSR count). The molecule has 0 radical (unpaired) electrons. The Morgan fingerprint density at radius 3 is 2.00 bits per heavy atom. The van der Waals surface area contributed by atoms with Gasteiger partial charge in [-0.2, -0.15) is 0 Å². The lowest BCUT2D eigenvalue weighted by atomic mass is 9.96. The molecule has 2 aromatic rings. The lowest BCUT2D eigenvalue weighted by molar-refractivity contribution is -0.131. The highest BCUT2D eigenvalue weighted by Gasteiger charge is 2.43. The smallest absolute Gasteiger partial charge is 0.264 e. The Labute approximate surface area is 166 Å². The number of hydrogen-bond donors (Lipinski definition) is 3.